The molecule has 1 atom stereocenters. The van der Waals surface area contributed by atoms with Gasteiger partial charge in [0.05, 0.1) is 27.5 Å². The summed E-state index contributed by atoms with van der Waals surface area (Å²) < 4.78 is 6.95. The molecule has 3 aromatic carbocycles. The fraction of sp³-hybridized carbons (Fsp3) is 0.185. The third kappa shape index (κ3) is 4.44. The van der Waals surface area contributed by atoms with Crippen molar-refractivity contribution in [2.45, 2.75) is 30.7 Å². The third-order valence-electron chi connectivity index (χ3n) is 5.90. The Hall–Kier alpha value is -3.91. The van der Waals surface area contributed by atoms with Gasteiger partial charge < -0.3 is 10.1 Å². The fourth-order valence-electron chi connectivity index (χ4n) is 3.98. The highest BCUT2D eigenvalue weighted by Gasteiger charge is 2.24. The molecule has 1 N–H and O–H groups in total. The number of ketones is 1. The van der Waals surface area contributed by atoms with Crippen LogP contribution in [-0.4, -0.2) is 33.1 Å². The van der Waals surface area contributed by atoms with Crippen molar-refractivity contribution in [1.29, 1.82) is 0 Å². The molecule has 5 rings (SSSR count). The predicted molar refractivity (Wildman–Crippen MR) is 137 cm³/mol. The van der Waals surface area contributed by atoms with Gasteiger partial charge in [-0.05, 0) is 61.4 Å². The Labute approximate surface area is 206 Å². The number of aromatic nitrogens is 2. The van der Waals surface area contributed by atoms with E-state index in [4.69, 9.17) is 9.72 Å². The number of nitrogens with zero attached hydrogens (tertiary/aromatic N) is 2. The smallest absolute Gasteiger partial charge is 0.266 e. The van der Waals surface area contributed by atoms with Gasteiger partial charge >= 0.3 is 0 Å². The number of para-hydroxylation sites is 1. The highest BCUT2D eigenvalue weighted by molar-refractivity contribution is 8.00. The molecule has 1 amide bonds. The topological polar surface area (TPSA) is 90.3 Å². The van der Waals surface area contributed by atoms with Crippen molar-refractivity contribution in [1.82, 2.24) is 9.55 Å². The van der Waals surface area contributed by atoms with Crippen LogP contribution in [0.1, 0.15) is 29.8 Å². The standard InChI is InChI=1S/C27H23N3O4S/c1-3-17-8-11-19(12-9-17)30-26(33)20-6-4-5-7-21(20)29-27(30)35-16(2)25(32)18-10-13-23-22(14-18)28-24(31)15-34-23/h4-14,16H,3,15H2,1-2H3,(H,28,31). The van der Waals surface area contributed by atoms with Gasteiger partial charge in [0.1, 0.15) is 5.75 Å². The first kappa shape index (κ1) is 22.9. The van der Waals surface area contributed by atoms with E-state index in [0.29, 0.717) is 38.7 Å². The Morgan fingerprint density at radius 1 is 1.11 bits per heavy atom. The largest absolute Gasteiger partial charge is 0.482 e. The number of Topliss-reactive ketones (excluding diaryl/α,β-unsaturated/α-hetero) is 1. The zero-order valence-electron chi connectivity index (χ0n) is 19.3. The Morgan fingerprint density at radius 2 is 1.89 bits per heavy atom. The number of thioether (sulfide) groups is 1. The minimum Gasteiger partial charge on any atom is -0.482 e. The van der Waals surface area contributed by atoms with Crippen molar-refractivity contribution >= 4 is 40.0 Å². The van der Waals surface area contributed by atoms with Crippen LogP contribution in [0.3, 0.4) is 0 Å². The molecule has 176 valence electrons. The molecule has 0 bridgehead atoms. The number of carbonyl (C=O) groups excluding carboxylic acids is 2. The number of benzene rings is 3. The van der Waals surface area contributed by atoms with Crippen LogP contribution >= 0.6 is 11.8 Å². The van der Waals surface area contributed by atoms with Gasteiger partial charge in [0.15, 0.2) is 17.5 Å². The maximum Gasteiger partial charge on any atom is 0.266 e. The molecule has 0 saturated heterocycles. The van der Waals surface area contributed by atoms with Gasteiger partial charge in [-0.1, -0.05) is 43.0 Å². The Kier molecular flexibility index (Phi) is 6.13. The van der Waals surface area contributed by atoms with Crippen LogP contribution in [0.15, 0.2) is 76.7 Å². The summed E-state index contributed by atoms with van der Waals surface area (Å²) in [6.07, 6.45) is 0.893. The molecular formula is C27H23N3O4S. The van der Waals surface area contributed by atoms with Gasteiger partial charge in [-0.25, -0.2) is 4.98 Å². The van der Waals surface area contributed by atoms with Crippen molar-refractivity contribution < 1.29 is 14.3 Å². The molecule has 0 aliphatic carbocycles. The first-order valence-electron chi connectivity index (χ1n) is 11.3. The molecule has 2 heterocycles. The average Bonchev–Trinajstić information content (AvgIpc) is 2.88. The zero-order valence-corrected chi connectivity index (χ0v) is 20.1. The number of aryl methyl sites for hydroxylation is 1. The monoisotopic (exact) mass is 485 g/mol. The molecule has 0 saturated carbocycles. The zero-order chi connectivity index (χ0) is 24.5. The summed E-state index contributed by atoms with van der Waals surface area (Å²) in [5.74, 6) is 0.123. The van der Waals surface area contributed by atoms with Gasteiger partial charge in [0.25, 0.3) is 11.5 Å². The number of hydrogen-bond donors (Lipinski definition) is 1. The molecule has 4 aromatic rings. The molecule has 1 unspecified atom stereocenters. The molecular weight excluding hydrogens is 462 g/mol. The summed E-state index contributed by atoms with van der Waals surface area (Å²) in [5.41, 5.74) is 3.17. The van der Waals surface area contributed by atoms with E-state index in [1.165, 1.54) is 11.8 Å². The third-order valence-corrected chi connectivity index (χ3v) is 6.95. The lowest BCUT2D eigenvalue weighted by Gasteiger charge is -2.19. The lowest BCUT2D eigenvalue weighted by molar-refractivity contribution is -0.118. The number of ether oxygens (including phenoxy) is 1. The van der Waals surface area contributed by atoms with Gasteiger partial charge in [0, 0.05) is 5.56 Å². The van der Waals surface area contributed by atoms with Crippen molar-refractivity contribution in [3.8, 4) is 11.4 Å². The fourth-order valence-corrected chi connectivity index (χ4v) is 4.99. The lowest BCUT2D eigenvalue weighted by Crippen LogP contribution is -2.26. The number of anilines is 1. The second-order valence-corrected chi connectivity index (χ2v) is 9.55. The molecule has 7 nitrogen and oxygen atoms in total. The first-order chi connectivity index (χ1) is 16.9. The maximum atomic E-state index is 13.5. The number of amides is 1. The molecule has 0 radical (unpaired) electrons. The minimum absolute atomic E-state index is 0.0447. The van der Waals surface area contributed by atoms with E-state index in [9.17, 15) is 14.4 Å². The van der Waals surface area contributed by atoms with Crippen LogP contribution < -0.4 is 15.6 Å². The van der Waals surface area contributed by atoms with Gasteiger partial charge in [-0.15, -0.1) is 0 Å². The van der Waals surface area contributed by atoms with Gasteiger partial charge in [-0.2, -0.15) is 0 Å². The Bertz CT molecular complexity index is 1510. The second kappa shape index (κ2) is 9.38. The molecule has 1 aliphatic heterocycles. The highest BCUT2D eigenvalue weighted by Crippen LogP contribution is 2.31. The number of nitrogens with one attached hydrogen (secondary N) is 1. The van der Waals surface area contributed by atoms with E-state index in [1.54, 1.807) is 41.8 Å². The number of rotatable bonds is 6. The Balaban J connectivity index is 1.52. The quantitative estimate of drug-likeness (QED) is 0.243. The van der Waals surface area contributed by atoms with Crippen molar-refractivity contribution in [2.24, 2.45) is 0 Å². The van der Waals surface area contributed by atoms with E-state index in [-0.39, 0.29) is 23.9 Å². The van der Waals surface area contributed by atoms with Crippen molar-refractivity contribution in [3.05, 3.63) is 88.2 Å². The predicted octanol–water partition coefficient (Wildman–Crippen LogP) is 4.64. The van der Waals surface area contributed by atoms with Crippen LogP contribution in [0, 0.1) is 0 Å². The summed E-state index contributed by atoms with van der Waals surface area (Å²) in [4.78, 5) is 43.2. The summed E-state index contributed by atoms with van der Waals surface area (Å²) in [5, 5.41) is 3.14. The van der Waals surface area contributed by atoms with Crippen LogP contribution in [0.25, 0.3) is 16.6 Å². The van der Waals surface area contributed by atoms with E-state index >= 15 is 0 Å². The van der Waals surface area contributed by atoms with Crippen LogP contribution in [0.4, 0.5) is 5.69 Å². The van der Waals surface area contributed by atoms with Gasteiger partial charge in [0.2, 0.25) is 0 Å². The van der Waals surface area contributed by atoms with Gasteiger partial charge in [-0.3, -0.25) is 19.0 Å². The van der Waals surface area contributed by atoms with E-state index in [0.717, 1.165) is 12.0 Å². The van der Waals surface area contributed by atoms with E-state index < -0.39 is 5.25 Å². The van der Waals surface area contributed by atoms with Crippen LogP contribution in [0.5, 0.6) is 5.75 Å². The second-order valence-electron chi connectivity index (χ2n) is 8.24. The minimum atomic E-state index is -0.539. The SMILES string of the molecule is CCc1ccc(-n2c(SC(C)C(=O)c3ccc4c(c3)NC(=O)CO4)nc3ccccc3c2=O)cc1. The Morgan fingerprint density at radius 3 is 2.66 bits per heavy atom. The van der Waals surface area contributed by atoms with Crippen molar-refractivity contribution in [3.63, 3.8) is 0 Å². The molecule has 0 spiro atoms. The molecule has 0 fully saturated rings. The summed E-state index contributed by atoms with van der Waals surface area (Å²) in [6, 6.07) is 20.0. The number of carbonyl (C=O) groups is 2. The summed E-state index contributed by atoms with van der Waals surface area (Å²) in [7, 11) is 0. The maximum absolute atomic E-state index is 13.5. The highest BCUT2D eigenvalue weighted by atomic mass is 32.2. The first-order valence-corrected chi connectivity index (χ1v) is 12.2. The number of hydrogen-bond acceptors (Lipinski definition) is 6. The molecule has 8 heteroatoms. The normalized spacial score (nSPS) is 13.6. The van der Waals surface area contributed by atoms with E-state index in [1.807, 2.05) is 36.4 Å². The lowest BCUT2D eigenvalue weighted by atomic mass is 10.1. The molecule has 1 aliphatic rings. The van der Waals surface area contributed by atoms with Crippen LogP contribution in [0.2, 0.25) is 0 Å². The van der Waals surface area contributed by atoms with Crippen molar-refractivity contribution in [2.75, 3.05) is 11.9 Å². The average molecular weight is 486 g/mol. The van der Waals surface area contributed by atoms with E-state index in [2.05, 4.69) is 12.2 Å². The van der Waals surface area contributed by atoms with Crippen LogP contribution in [-0.2, 0) is 11.2 Å². The molecule has 1 aromatic heterocycles. The summed E-state index contributed by atoms with van der Waals surface area (Å²) >= 11 is 1.23. The number of fused-ring (bicyclic) bond motifs is 2. The summed E-state index contributed by atoms with van der Waals surface area (Å²) in [6.45, 7) is 3.82. The molecule has 35 heavy (non-hydrogen) atoms.